The average molecular weight is 352 g/mol. The Morgan fingerprint density at radius 1 is 0.615 bits per heavy atom. The van der Waals surface area contributed by atoms with Crippen LogP contribution in [0.25, 0.3) is 11.1 Å². The predicted molar refractivity (Wildman–Crippen MR) is 113 cm³/mol. The summed E-state index contributed by atoms with van der Waals surface area (Å²) in [6.07, 6.45) is 3.95. The summed E-state index contributed by atoms with van der Waals surface area (Å²) in [6.45, 7) is 2.44. The van der Waals surface area contributed by atoms with Gasteiger partial charge in [0, 0.05) is 18.0 Å². The van der Waals surface area contributed by atoms with Crippen molar-refractivity contribution in [1.82, 2.24) is 4.98 Å². The molecule has 0 N–H and O–H groups in total. The van der Waals surface area contributed by atoms with Crippen LogP contribution in [0.2, 0.25) is 6.55 Å². The summed E-state index contributed by atoms with van der Waals surface area (Å²) >= 11 is 0. The molecule has 0 saturated carbocycles. The number of benzene rings is 3. The molecule has 1 nitrogen and oxygen atoms in total. The first-order valence-corrected chi connectivity index (χ1v) is 11.4. The third kappa shape index (κ3) is 2.89. The Kier molecular flexibility index (Phi) is 4.51. The van der Waals surface area contributed by atoms with Crippen LogP contribution in [0.3, 0.4) is 0 Å². The molecule has 0 unspecified atom stereocenters. The third-order valence-corrected chi connectivity index (χ3v) is 9.64. The van der Waals surface area contributed by atoms with Gasteiger partial charge in [0.15, 0.2) is 0 Å². The van der Waals surface area contributed by atoms with E-state index in [4.69, 9.17) is 0 Å². The van der Waals surface area contributed by atoms with Gasteiger partial charge in [0.1, 0.15) is 8.07 Å². The van der Waals surface area contributed by atoms with Crippen molar-refractivity contribution in [2.75, 3.05) is 0 Å². The molecule has 4 aromatic rings. The molecule has 126 valence electrons. The van der Waals surface area contributed by atoms with E-state index in [1.54, 1.807) is 0 Å². The standard InChI is InChI=1S/C24H21NSi/c1-26(21-13-7-3-8-14-21,22-15-9-4-10-16-22)24-17-18-25-19-23(24)20-11-5-2-6-12-20/h2-19H,1H3. The van der Waals surface area contributed by atoms with Crippen LogP contribution in [0.1, 0.15) is 0 Å². The van der Waals surface area contributed by atoms with Crippen LogP contribution in [-0.2, 0) is 0 Å². The minimum absolute atomic E-state index is 1.22. The molecule has 0 aliphatic rings. The molecule has 0 aliphatic heterocycles. The minimum atomic E-state index is -2.15. The van der Waals surface area contributed by atoms with Crippen molar-refractivity contribution in [2.24, 2.45) is 0 Å². The normalized spacial score (nSPS) is 11.3. The van der Waals surface area contributed by atoms with Crippen LogP contribution < -0.4 is 15.6 Å². The van der Waals surface area contributed by atoms with Gasteiger partial charge in [-0.05, 0) is 27.2 Å². The molecule has 0 saturated heterocycles. The van der Waals surface area contributed by atoms with E-state index in [0.717, 1.165) is 0 Å². The molecule has 0 atom stereocenters. The molecular weight excluding hydrogens is 330 g/mol. The quantitative estimate of drug-likeness (QED) is 0.509. The predicted octanol–water partition coefficient (Wildman–Crippen LogP) is 3.85. The Hall–Kier alpha value is -2.97. The van der Waals surface area contributed by atoms with Gasteiger partial charge in [-0.15, -0.1) is 0 Å². The number of rotatable bonds is 4. The monoisotopic (exact) mass is 351 g/mol. The Labute approximate surface area is 156 Å². The van der Waals surface area contributed by atoms with Gasteiger partial charge in [-0.2, -0.15) is 0 Å². The van der Waals surface area contributed by atoms with Gasteiger partial charge in [0.05, 0.1) is 0 Å². The topological polar surface area (TPSA) is 12.9 Å². The maximum atomic E-state index is 4.44. The summed E-state index contributed by atoms with van der Waals surface area (Å²) in [4.78, 5) is 4.44. The minimum Gasteiger partial charge on any atom is -0.264 e. The maximum Gasteiger partial charge on any atom is 0.146 e. The zero-order valence-corrected chi connectivity index (χ0v) is 15.8. The van der Waals surface area contributed by atoms with E-state index in [1.165, 1.54) is 26.7 Å². The summed E-state index contributed by atoms with van der Waals surface area (Å²) in [5, 5.41) is 4.22. The second-order valence-corrected chi connectivity index (χ2v) is 10.6. The summed E-state index contributed by atoms with van der Waals surface area (Å²) < 4.78 is 0. The molecule has 1 heterocycles. The number of hydrogen-bond acceptors (Lipinski definition) is 1. The highest BCUT2D eigenvalue weighted by Gasteiger charge is 2.35. The fourth-order valence-corrected chi connectivity index (χ4v) is 7.53. The largest absolute Gasteiger partial charge is 0.264 e. The molecule has 0 fully saturated rings. The maximum absolute atomic E-state index is 4.44. The third-order valence-electron chi connectivity index (χ3n) is 5.15. The van der Waals surface area contributed by atoms with Crippen LogP contribution in [0.15, 0.2) is 109 Å². The lowest BCUT2D eigenvalue weighted by Crippen LogP contribution is -2.65. The second-order valence-electron chi connectivity index (χ2n) is 6.64. The number of pyridine rings is 1. The van der Waals surface area contributed by atoms with E-state index in [2.05, 4.69) is 109 Å². The van der Waals surface area contributed by atoms with Crippen LogP contribution in [0.4, 0.5) is 0 Å². The zero-order chi connectivity index (χ0) is 17.8. The smallest absolute Gasteiger partial charge is 0.146 e. The van der Waals surface area contributed by atoms with Crippen LogP contribution in [0.5, 0.6) is 0 Å². The van der Waals surface area contributed by atoms with Gasteiger partial charge in [0.25, 0.3) is 0 Å². The highest BCUT2D eigenvalue weighted by Crippen LogP contribution is 2.19. The molecule has 3 aromatic carbocycles. The molecule has 2 heteroatoms. The lowest BCUT2D eigenvalue weighted by molar-refractivity contribution is 1.34. The van der Waals surface area contributed by atoms with Crippen molar-refractivity contribution < 1.29 is 0 Å². The van der Waals surface area contributed by atoms with Crippen molar-refractivity contribution >= 4 is 23.6 Å². The van der Waals surface area contributed by atoms with Gasteiger partial charge in [-0.1, -0.05) is 97.5 Å². The molecule has 1 aromatic heterocycles. The fourth-order valence-electron chi connectivity index (χ4n) is 3.70. The highest BCUT2D eigenvalue weighted by molar-refractivity contribution is 7.11. The van der Waals surface area contributed by atoms with E-state index >= 15 is 0 Å². The number of nitrogens with zero attached hydrogens (tertiary/aromatic N) is 1. The van der Waals surface area contributed by atoms with Crippen molar-refractivity contribution in [3.8, 4) is 11.1 Å². The molecule has 0 bridgehead atoms. The van der Waals surface area contributed by atoms with Crippen LogP contribution >= 0.6 is 0 Å². The van der Waals surface area contributed by atoms with Crippen molar-refractivity contribution in [1.29, 1.82) is 0 Å². The highest BCUT2D eigenvalue weighted by atomic mass is 28.3. The molecule has 0 aliphatic carbocycles. The van der Waals surface area contributed by atoms with Gasteiger partial charge >= 0.3 is 0 Å². The summed E-state index contributed by atoms with van der Waals surface area (Å²) in [5.41, 5.74) is 2.45. The Bertz CT molecular complexity index is 943. The van der Waals surface area contributed by atoms with E-state index in [1.807, 2.05) is 12.4 Å². The van der Waals surface area contributed by atoms with E-state index < -0.39 is 8.07 Å². The van der Waals surface area contributed by atoms with Crippen molar-refractivity contribution in [3.63, 3.8) is 0 Å². The van der Waals surface area contributed by atoms with Gasteiger partial charge < -0.3 is 0 Å². The van der Waals surface area contributed by atoms with Crippen LogP contribution in [-0.4, -0.2) is 13.1 Å². The average Bonchev–Trinajstić information content (AvgIpc) is 2.75. The Morgan fingerprint density at radius 3 is 1.65 bits per heavy atom. The van der Waals surface area contributed by atoms with Gasteiger partial charge in [-0.25, -0.2) is 0 Å². The first kappa shape index (κ1) is 16.5. The summed E-state index contributed by atoms with van der Waals surface area (Å²) in [5.74, 6) is 0. The van der Waals surface area contributed by atoms with Gasteiger partial charge in [0.2, 0.25) is 0 Å². The summed E-state index contributed by atoms with van der Waals surface area (Å²) in [7, 11) is -2.15. The summed E-state index contributed by atoms with van der Waals surface area (Å²) in [6, 6.07) is 34.7. The van der Waals surface area contributed by atoms with E-state index in [-0.39, 0.29) is 0 Å². The SMILES string of the molecule is C[Si](c1ccccc1)(c1ccccc1)c1ccncc1-c1ccccc1. The number of hydrogen-bond donors (Lipinski definition) is 0. The molecule has 0 radical (unpaired) electrons. The lowest BCUT2D eigenvalue weighted by Gasteiger charge is -2.31. The van der Waals surface area contributed by atoms with Crippen molar-refractivity contribution in [3.05, 3.63) is 109 Å². The first-order valence-electron chi connectivity index (χ1n) is 8.91. The van der Waals surface area contributed by atoms with E-state index in [0.29, 0.717) is 0 Å². The van der Waals surface area contributed by atoms with Crippen LogP contribution in [0, 0.1) is 0 Å². The fraction of sp³-hybridized carbons (Fsp3) is 0.0417. The first-order chi connectivity index (χ1) is 12.8. The lowest BCUT2D eigenvalue weighted by atomic mass is 10.1. The molecular formula is C24H21NSi. The second kappa shape index (κ2) is 7.10. The Balaban J connectivity index is 2.01. The molecule has 26 heavy (non-hydrogen) atoms. The number of aromatic nitrogens is 1. The Morgan fingerprint density at radius 2 is 1.12 bits per heavy atom. The van der Waals surface area contributed by atoms with E-state index in [9.17, 15) is 0 Å². The molecule has 4 rings (SSSR count). The van der Waals surface area contributed by atoms with Crippen molar-refractivity contribution in [2.45, 2.75) is 6.55 Å². The molecule has 0 amide bonds. The zero-order valence-electron chi connectivity index (χ0n) is 14.8. The van der Waals surface area contributed by atoms with Gasteiger partial charge in [-0.3, -0.25) is 4.98 Å². The molecule has 0 spiro atoms.